The number of carbonyl (C=O) groups is 3. The second kappa shape index (κ2) is 11.0. The van der Waals surface area contributed by atoms with Gasteiger partial charge < -0.3 is 15.5 Å². The molecule has 0 aromatic heterocycles. The van der Waals surface area contributed by atoms with E-state index in [-0.39, 0.29) is 23.8 Å². The fourth-order valence-electron chi connectivity index (χ4n) is 2.63. The number of hydrogen-bond acceptors (Lipinski definition) is 3. The van der Waals surface area contributed by atoms with Crippen molar-refractivity contribution in [1.29, 1.82) is 0 Å². The molecule has 29 heavy (non-hydrogen) atoms. The van der Waals surface area contributed by atoms with Crippen molar-refractivity contribution in [2.45, 2.75) is 39.3 Å². The first-order valence-corrected chi connectivity index (χ1v) is 9.84. The fraction of sp³-hybridized carbons (Fsp3) is 0.348. The van der Waals surface area contributed by atoms with Gasteiger partial charge in [-0.15, -0.1) is 0 Å². The number of rotatable bonds is 9. The molecule has 0 bridgehead atoms. The van der Waals surface area contributed by atoms with E-state index in [0.29, 0.717) is 37.1 Å². The maximum atomic E-state index is 12.3. The summed E-state index contributed by atoms with van der Waals surface area (Å²) in [5.41, 5.74) is 2.17. The van der Waals surface area contributed by atoms with Crippen molar-refractivity contribution < 1.29 is 14.4 Å². The summed E-state index contributed by atoms with van der Waals surface area (Å²) in [7, 11) is 1.78. The van der Waals surface area contributed by atoms with Crippen LogP contribution in [0.3, 0.4) is 0 Å². The molecule has 154 valence electrons. The van der Waals surface area contributed by atoms with Crippen LogP contribution in [0.1, 0.15) is 53.0 Å². The van der Waals surface area contributed by atoms with E-state index in [0.717, 1.165) is 5.56 Å². The van der Waals surface area contributed by atoms with Crippen LogP contribution in [-0.2, 0) is 11.3 Å². The zero-order chi connectivity index (χ0) is 21.2. The number of nitrogens with one attached hydrogen (secondary N) is 2. The Balaban J connectivity index is 1.68. The highest BCUT2D eigenvalue weighted by atomic mass is 16.2. The number of carbonyl (C=O) groups excluding carboxylic acids is 3. The Kier molecular flexibility index (Phi) is 8.40. The molecule has 0 radical (unpaired) electrons. The molecule has 2 N–H and O–H groups in total. The third kappa shape index (κ3) is 7.07. The van der Waals surface area contributed by atoms with Crippen LogP contribution in [0.4, 0.5) is 0 Å². The van der Waals surface area contributed by atoms with Crippen molar-refractivity contribution >= 4 is 17.7 Å². The standard InChI is InChI=1S/C23H29N3O3/c1-17(2)26(3)23(29)20-13-11-18(12-14-20)16-25-21(27)10-7-15-24-22(28)19-8-5-4-6-9-19/h4-6,8-9,11-14,17H,7,10,15-16H2,1-3H3,(H,24,28)(H,25,27). The Hall–Kier alpha value is -3.15. The van der Waals surface area contributed by atoms with Gasteiger partial charge in [0.2, 0.25) is 5.91 Å². The average Bonchev–Trinajstić information content (AvgIpc) is 2.75. The van der Waals surface area contributed by atoms with Gasteiger partial charge in [-0.25, -0.2) is 0 Å². The van der Waals surface area contributed by atoms with Crippen LogP contribution >= 0.6 is 0 Å². The zero-order valence-corrected chi connectivity index (χ0v) is 17.3. The Morgan fingerprint density at radius 2 is 1.55 bits per heavy atom. The normalized spacial score (nSPS) is 10.5. The molecule has 0 unspecified atom stereocenters. The summed E-state index contributed by atoms with van der Waals surface area (Å²) in [5, 5.41) is 5.67. The first-order chi connectivity index (χ1) is 13.9. The van der Waals surface area contributed by atoms with Crippen LogP contribution in [0.2, 0.25) is 0 Å². The van der Waals surface area contributed by atoms with Gasteiger partial charge in [-0.1, -0.05) is 30.3 Å². The van der Waals surface area contributed by atoms with Gasteiger partial charge in [0.15, 0.2) is 0 Å². The lowest BCUT2D eigenvalue weighted by atomic mass is 10.1. The molecule has 0 aliphatic rings. The second-order valence-corrected chi connectivity index (χ2v) is 7.21. The van der Waals surface area contributed by atoms with E-state index in [1.807, 2.05) is 44.2 Å². The van der Waals surface area contributed by atoms with Crippen molar-refractivity contribution in [2.24, 2.45) is 0 Å². The van der Waals surface area contributed by atoms with E-state index in [2.05, 4.69) is 10.6 Å². The van der Waals surface area contributed by atoms with Crippen molar-refractivity contribution in [3.05, 3.63) is 71.3 Å². The highest BCUT2D eigenvalue weighted by Gasteiger charge is 2.14. The summed E-state index contributed by atoms with van der Waals surface area (Å²) in [6.07, 6.45) is 0.907. The Morgan fingerprint density at radius 1 is 0.897 bits per heavy atom. The number of amides is 3. The highest BCUT2D eigenvalue weighted by molar-refractivity contribution is 5.94. The molecule has 0 fully saturated rings. The number of nitrogens with zero attached hydrogens (tertiary/aromatic N) is 1. The van der Waals surface area contributed by atoms with Crippen LogP contribution in [0, 0.1) is 0 Å². The van der Waals surface area contributed by atoms with E-state index in [4.69, 9.17) is 0 Å². The molecule has 0 aliphatic carbocycles. The molecule has 6 nitrogen and oxygen atoms in total. The predicted molar refractivity (Wildman–Crippen MR) is 114 cm³/mol. The topological polar surface area (TPSA) is 78.5 Å². The lowest BCUT2D eigenvalue weighted by molar-refractivity contribution is -0.121. The molecule has 0 aliphatic heterocycles. The van der Waals surface area contributed by atoms with Gasteiger partial charge >= 0.3 is 0 Å². The lowest BCUT2D eigenvalue weighted by Crippen LogP contribution is -2.32. The fourth-order valence-corrected chi connectivity index (χ4v) is 2.63. The molecule has 2 rings (SSSR count). The van der Waals surface area contributed by atoms with Crippen molar-refractivity contribution in [2.75, 3.05) is 13.6 Å². The van der Waals surface area contributed by atoms with E-state index in [1.165, 1.54) is 0 Å². The second-order valence-electron chi connectivity index (χ2n) is 7.21. The summed E-state index contributed by atoms with van der Waals surface area (Å²) in [6, 6.07) is 16.4. The molecule has 2 aromatic carbocycles. The van der Waals surface area contributed by atoms with Gasteiger partial charge in [-0.2, -0.15) is 0 Å². The smallest absolute Gasteiger partial charge is 0.253 e. The summed E-state index contributed by atoms with van der Waals surface area (Å²) in [5.74, 6) is -0.226. The zero-order valence-electron chi connectivity index (χ0n) is 17.3. The Morgan fingerprint density at radius 3 is 2.17 bits per heavy atom. The van der Waals surface area contributed by atoms with Crippen LogP contribution in [0.15, 0.2) is 54.6 Å². The molecular formula is C23H29N3O3. The number of hydrogen-bond donors (Lipinski definition) is 2. The van der Waals surface area contributed by atoms with Gasteiger partial charge in [0.05, 0.1) is 0 Å². The molecule has 3 amide bonds. The predicted octanol–water partition coefficient (Wildman–Crippen LogP) is 2.99. The Labute approximate surface area is 172 Å². The van der Waals surface area contributed by atoms with Crippen LogP contribution in [0.5, 0.6) is 0 Å². The van der Waals surface area contributed by atoms with Gasteiger partial charge in [0.1, 0.15) is 0 Å². The van der Waals surface area contributed by atoms with Gasteiger partial charge in [-0.3, -0.25) is 14.4 Å². The van der Waals surface area contributed by atoms with Crippen LogP contribution in [-0.4, -0.2) is 42.3 Å². The maximum absolute atomic E-state index is 12.3. The third-order valence-electron chi connectivity index (χ3n) is 4.69. The largest absolute Gasteiger partial charge is 0.352 e. The summed E-state index contributed by atoms with van der Waals surface area (Å²) in [6.45, 7) is 4.79. The third-order valence-corrected chi connectivity index (χ3v) is 4.69. The average molecular weight is 396 g/mol. The van der Waals surface area contributed by atoms with Crippen molar-refractivity contribution in [3.63, 3.8) is 0 Å². The van der Waals surface area contributed by atoms with Crippen molar-refractivity contribution in [1.82, 2.24) is 15.5 Å². The minimum Gasteiger partial charge on any atom is -0.352 e. The van der Waals surface area contributed by atoms with Crippen molar-refractivity contribution in [3.8, 4) is 0 Å². The quantitative estimate of drug-likeness (QED) is 0.641. The highest BCUT2D eigenvalue weighted by Crippen LogP contribution is 2.09. The van der Waals surface area contributed by atoms with E-state index < -0.39 is 0 Å². The lowest BCUT2D eigenvalue weighted by Gasteiger charge is -2.21. The van der Waals surface area contributed by atoms with Gasteiger partial charge in [0.25, 0.3) is 11.8 Å². The molecule has 0 spiro atoms. The molecule has 0 saturated heterocycles. The van der Waals surface area contributed by atoms with Crippen LogP contribution < -0.4 is 10.6 Å². The SMILES string of the molecule is CC(C)N(C)C(=O)c1ccc(CNC(=O)CCCNC(=O)c2ccccc2)cc1. The number of benzene rings is 2. The van der Waals surface area contributed by atoms with E-state index in [9.17, 15) is 14.4 Å². The summed E-state index contributed by atoms with van der Waals surface area (Å²) >= 11 is 0. The molecular weight excluding hydrogens is 366 g/mol. The monoisotopic (exact) mass is 395 g/mol. The van der Waals surface area contributed by atoms with Gasteiger partial charge in [-0.05, 0) is 50.1 Å². The minimum atomic E-state index is -0.135. The summed E-state index contributed by atoms with van der Waals surface area (Å²) in [4.78, 5) is 37.9. The molecule has 0 heterocycles. The first-order valence-electron chi connectivity index (χ1n) is 9.84. The van der Waals surface area contributed by atoms with Gasteiger partial charge in [0, 0.05) is 43.7 Å². The first kappa shape index (κ1) is 22.1. The molecule has 0 atom stereocenters. The molecule has 0 saturated carbocycles. The van der Waals surface area contributed by atoms with E-state index >= 15 is 0 Å². The van der Waals surface area contributed by atoms with E-state index in [1.54, 1.807) is 36.2 Å². The summed E-state index contributed by atoms with van der Waals surface area (Å²) < 4.78 is 0. The maximum Gasteiger partial charge on any atom is 0.253 e. The molecule has 2 aromatic rings. The van der Waals surface area contributed by atoms with Crippen LogP contribution in [0.25, 0.3) is 0 Å². The minimum absolute atomic E-state index is 0.0202. The Bertz CT molecular complexity index is 817. The molecule has 6 heteroatoms.